The monoisotopic (exact) mass is 323 g/mol. The Hall–Kier alpha value is -1.40. The van der Waals surface area contributed by atoms with Gasteiger partial charge in [0.05, 0.1) is 5.69 Å². The number of rotatable bonds is 3. The predicted molar refractivity (Wildman–Crippen MR) is 74.6 cm³/mol. The van der Waals surface area contributed by atoms with Crippen molar-refractivity contribution in [2.75, 3.05) is 11.4 Å². The van der Waals surface area contributed by atoms with Crippen molar-refractivity contribution in [3.63, 3.8) is 0 Å². The Morgan fingerprint density at radius 2 is 2.21 bits per heavy atom. The summed E-state index contributed by atoms with van der Waals surface area (Å²) in [6.07, 6.45) is 2.06. The number of hydrogen-bond acceptors (Lipinski definition) is 3. The Bertz CT molecular complexity index is 557. The highest BCUT2D eigenvalue weighted by atomic mass is 79.9. The molecule has 6 heteroatoms. The second-order valence-electron chi connectivity index (χ2n) is 4.92. The summed E-state index contributed by atoms with van der Waals surface area (Å²) in [6, 6.07) is 5.09. The number of nitrogens with zero attached hydrogens (tertiary/aromatic N) is 1. The number of anilines is 1. The smallest absolute Gasteiger partial charge is 0.249 e. The van der Waals surface area contributed by atoms with E-state index >= 15 is 0 Å². The minimum atomic E-state index is -0.695. The second-order valence-corrected chi connectivity index (χ2v) is 5.77. The van der Waals surface area contributed by atoms with Crippen molar-refractivity contribution < 1.29 is 9.59 Å². The maximum absolute atomic E-state index is 12.2. The Balaban J connectivity index is 1.84. The molecule has 100 valence electrons. The first kappa shape index (κ1) is 12.6. The summed E-state index contributed by atoms with van der Waals surface area (Å²) >= 11 is 3.40. The molecule has 0 radical (unpaired) electrons. The van der Waals surface area contributed by atoms with Crippen molar-refractivity contribution in [2.24, 2.45) is 5.73 Å². The van der Waals surface area contributed by atoms with Gasteiger partial charge in [-0.25, -0.2) is 0 Å². The molecule has 1 atom stereocenters. The average Bonchev–Trinajstić information content (AvgIpc) is 3.14. The Morgan fingerprint density at radius 3 is 2.89 bits per heavy atom. The normalized spacial score (nSPS) is 21.5. The molecule has 2 amide bonds. The van der Waals surface area contributed by atoms with Crippen LogP contribution in [0.4, 0.5) is 5.69 Å². The molecule has 3 N–H and O–H groups in total. The Morgan fingerprint density at radius 1 is 1.47 bits per heavy atom. The number of amides is 2. The lowest BCUT2D eigenvalue weighted by Gasteiger charge is -2.17. The third-order valence-corrected chi connectivity index (χ3v) is 4.10. The summed E-state index contributed by atoms with van der Waals surface area (Å²) in [5, 5.41) is 2.88. The highest BCUT2D eigenvalue weighted by Crippen LogP contribution is 2.39. The minimum Gasteiger partial charge on any atom is -0.352 e. The van der Waals surface area contributed by atoms with E-state index in [1.807, 2.05) is 18.2 Å². The molecular formula is C13H14BrN3O2. The van der Waals surface area contributed by atoms with Crippen molar-refractivity contribution >= 4 is 33.4 Å². The van der Waals surface area contributed by atoms with Gasteiger partial charge < -0.3 is 16.0 Å². The van der Waals surface area contributed by atoms with E-state index in [-0.39, 0.29) is 18.4 Å². The summed E-state index contributed by atoms with van der Waals surface area (Å²) in [7, 11) is 0. The molecule has 1 aromatic carbocycles. The molecule has 0 spiro atoms. The van der Waals surface area contributed by atoms with Crippen LogP contribution < -0.4 is 16.0 Å². The van der Waals surface area contributed by atoms with E-state index in [0.29, 0.717) is 6.04 Å². The zero-order valence-electron chi connectivity index (χ0n) is 10.2. The Kier molecular flexibility index (Phi) is 3.06. The number of fused-ring (bicyclic) bond motifs is 1. The average molecular weight is 324 g/mol. The van der Waals surface area contributed by atoms with Crippen molar-refractivity contribution in [3.05, 3.63) is 28.2 Å². The maximum atomic E-state index is 12.2. The van der Waals surface area contributed by atoms with Crippen molar-refractivity contribution in [1.29, 1.82) is 0 Å². The van der Waals surface area contributed by atoms with Crippen LogP contribution in [0.5, 0.6) is 0 Å². The number of carbonyl (C=O) groups is 2. The molecule has 0 bridgehead atoms. The van der Waals surface area contributed by atoms with Gasteiger partial charge in [0, 0.05) is 16.1 Å². The van der Waals surface area contributed by atoms with Gasteiger partial charge in [-0.1, -0.05) is 22.0 Å². The molecule has 1 aliphatic heterocycles. The highest BCUT2D eigenvalue weighted by molar-refractivity contribution is 9.10. The number of hydrogen-bond donors (Lipinski definition) is 2. The van der Waals surface area contributed by atoms with Gasteiger partial charge in [-0.05, 0) is 25.0 Å². The molecule has 5 nitrogen and oxygen atoms in total. The largest absolute Gasteiger partial charge is 0.352 e. The molecule has 19 heavy (non-hydrogen) atoms. The van der Waals surface area contributed by atoms with Gasteiger partial charge in [-0.2, -0.15) is 0 Å². The lowest BCUT2D eigenvalue weighted by atomic mass is 10.1. The van der Waals surface area contributed by atoms with E-state index in [2.05, 4.69) is 21.2 Å². The number of benzene rings is 1. The predicted octanol–water partition coefficient (Wildman–Crippen LogP) is 1.07. The number of carbonyl (C=O) groups excluding carboxylic acids is 2. The summed E-state index contributed by atoms with van der Waals surface area (Å²) in [5.41, 5.74) is 7.39. The third kappa shape index (κ3) is 2.26. The number of nitrogens with one attached hydrogen (secondary N) is 1. The van der Waals surface area contributed by atoms with Crippen LogP contribution in [0.3, 0.4) is 0 Å². The first-order chi connectivity index (χ1) is 9.08. The highest BCUT2D eigenvalue weighted by Gasteiger charge is 2.37. The molecule has 3 rings (SSSR count). The molecule has 2 aliphatic rings. The van der Waals surface area contributed by atoms with E-state index in [1.54, 1.807) is 0 Å². The lowest BCUT2D eigenvalue weighted by molar-refractivity contribution is -0.124. The van der Waals surface area contributed by atoms with Crippen LogP contribution in [0.1, 0.15) is 24.4 Å². The SMILES string of the molecule is NC1C(=O)N(CC(=O)NC2CC2)c2cccc(Br)c21. The summed E-state index contributed by atoms with van der Waals surface area (Å²) < 4.78 is 0.802. The van der Waals surface area contributed by atoms with Gasteiger partial charge in [0.15, 0.2) is 0 Å². The molecule has 1 saturated carbocycles. The maximum Gasteiger partial charge on any atom is 0.249 e. The molecule has 1 aliphatic carbocycles. The number of halogens is 1. The van der Waals surface area contributed by atoms with Crippen molar-refractivity contribution in [3.8, 4) is 0 Å². The van der Waals surface area contributed by atoms with E-state index < -0.39 is 6.04 Å². The molecule has 0 saturated heterocycles. The number of nitrogens with two attached hydrogens (primary N) is 1. The van der Waals surface area contributed by atoms with E-state index in [1.165, 1.54) is 4.90 Å². The van der Waals surface area contributed by atoms with Gasteiger partial charge in [-0.3, -0.25) is 9.59 Å². The molecule has 1 heterocycles. The summed E-state index contributed by atoms with van der Waals surface area (Å²) in [5.74, 6) is -0.358. The van der Waals surface area contributed by atoms with Crippen LogP contribution >= 0.6 is 15.9 Å². The standard InChI is InChI=1S/C13H14BrN3O2/c14-8-2-1-3-9-11(8)12(15)13(19)17(9)6-10(18)16-7-4-5-7/h1-3,7,12H,4-6,15H2,(H,16,18). The summed E-state index contributed by atoms with van der Waals surface area (Å²) in [4.78, 5) is 25.5. The Labute approximate surface area is 119 Å². The second kappa shape index (κ2) is 4.61. The lowest BCUT2D eigenvalue weighted by Crippen LogP contribution is -2.41. The van der Waals surface area contributed by atoms with Crippen molar-refractivity contribution in [2.45, 2.75) is 24.9 Å². The van der Waals surface area contributed by atoms with Crippen LogP contribution in [0.2, 0.25) is 0 Å². The van der Waals surface area contributed by atoms with Gasteiger partial charge >= 0.3 is 0 Å². The van der Waals surface area contributed by atoms with Crippen LogP contribution in [0.15, 0.2) is 22.7 Å². The third-order valence-electron chi connectivity index (χ3n) is 3.41. The first-order valence-electron chi connectivity index (χ1n) is 6.22. The van der Waals surface area contributed by atoms with Crippen LogP contribution in [-0.2, 0) is 9.59 Å². The quantitative estimate of drug-likeness (QED) is 0.873. The van der Waals surface area contributed by atoms with Crippen LogP contribution in [0, 0.1) is 0 Å². The van der Waals surface area contributed by atoms with E-state index in [4.69, 9.17) is 5.73 Å². The minimum absolute atomic E-state index is 0.0342. The molecule has 1 aromatic rings. The topological polar surface area (TPSA) is 75.4 Å². The fraction of sp³-hybridized carbons (Fsp3) is 0.385. The molecule has 1 fully saturated rings. The van der Waals surface area contributed by atoms with E-state index in [0.717, 1.165) is 28.6 Å². The van der Waals surface area contributed by atoms with E-state index in [9.17, 15) is 9.59 Å². The van der Waals surface area contributed by atoms with Gasteiger partial charge in [0.1, 0.15) is 12.6 Å². The fourth-order valence-corrected chi connectivity index (χ4v) is 2.89. The molecule has 1 unspecified atom stereocenters. The van der Waals surface area contributed by atoms with Crippen LogP contribution in [-0.4, -0.2) is 24.4 Å². The first-order valence-corrected chi connectivity index (χ1v) is 7.02. The zero-order chi connectivity index (χ0) is 13.6. The van der Waals surface area contributed by atoms with Gasteiger partial charge in [-0.15, -0.1) is 0 Å². The fourth-order valence-electron chi connectivity index (χ4n) is 2.29. The van der Waals surface area contributed by atoms with Crippen LogP contribution in [0.25, 0.3) is 0 Å². The van der Waals surface area contributed by atoms with Gasteiger partial charge in [0.2, 0.25) is 11.8 Å². The summed E-state index contributed by atoms with van der Waals surface area (Å²) in [6.45, 7) is 0.0342. The zero-order valence-corrected chi connectivity index (χ0v) is 11.8. The van der Waals surface area contributed by atoms with Gasteiger partial charge in [0.25, 0.3) is 0 Å². The molecular weight excluding hydrogens is 310 g/mol. The van der Waals surface area contributed by atoms with Crippen molar-refractivity contribution in [1.82, 2.24) is 5.32 Å². The molecule has 0 aromatic heterocycles.